The van der Waals surface area contributed by atoms with E-state index in [4.69, 9.17) is 0 Å². The number of H-pyrrole nitrogens is 1. The lowest BCUT2D eigenvalue weighted by molar-refractivity contribution is -0.120. The molecule has 124 valence electrons. The van der Waals surface area contributed by atoms with Crippen molar-refractivity contribution in [3.8, 4) is 0 Å². The van der Waals surface area contributed by atoms with Crippen molar-refractivity contribution in [3.05, 3.63) is 52.6 Å². The van der Waals surface area contributed by atoms with Gasteiger partial charge in [-0.1, -0.05) is 11.8 Å². The maximum Gasteiger partial charge on any atom is 0.251 e. The SMILES string of the molecule is Cc1cc(=O)[nH]c(S[C@H](C)C(=O)NCc2cnc3cnccn23)n1. The van der Waals surface area contributed by atoms with Gasteiger partial charge in [0.25, 0.3) is 5.56 Å². The van der Waals surface area contributed by atoms with Gasteiger partial charge in [0, 0.05) is 24.2 Å². The fraction of sp³-hybridized carbons (Fsp3) is 0.267. The van der Waals surface area contributed by atoms with Crippen LogP contribution in [0, 0.1) is 6.92 Å². The smallest absolute Gasteiger partial charge is 0.251 e. The van der Waals surface area contributed by atoms with Gasteiger partial charge >= 0.3 is 0 Å². The molecule has 0 unspecified atom stereocenters. The monoisotopic (exact) mass is 344 g/mol. The molecular formula is C15H16N6O2S. The summed E-state index contributed by atoms with van der Waals surface area (Å²) in [5, 5.41) is 2.91. The van der Waals surface area contributed by atoms with E-state index in [2.05, 4.69) is 25.3 Å². The summed E-state index contributed by atoms with van der Waals surface area (Å²) in [5.41, 5.74) is 1.98. The molecule has 0 saturated heterocycles. The minimum atomic E-state index is -0.393. The molecule has 3 aromatic rings. The average Bonchev–Trinajstić information content (AvgIpc) is 2.94. The lowest BCUT2D eigenvalue weighted by Gasteiger charge is -2.11. The van der Waals surface area contributed by atoms with Crippen molar-refractivity contribution in [1.29, 1.82) is 0 Å². The quantitative estimate of drug-likeness (QED) is 0.527. The van der Waals surface area contributed by atoms with E-state index in [1.165, 1.54) is 17.8 Å². The maximum atomic E-state index is 12.3. The van der Waals surface area contributed by atoms with E-state index >= 15 is 0 Å². The van der Waals surface area contributed by atoms with Crippen LogP contribution in [0.4, 0.5) is 0 Å². The van der Waals surface area contributed by atoms with Crippen LogP contribution < -0.4 is 10.9 Å². The summed E-state index contributed by atoms with van der Waals surface area (Å²) in [6.45, 7) is 3.86. The van der Waals surface area contributed by atoms with Gasteiger partial charge in [0.15, 0.2) is 10.8 Å². The molecule has 1 atom stereocenters. The molecule has 0 aliphatic heterocycles. The number of imidazole rings is 1. The largest absolute Gasteiger partial charge is 0.349 e. The lowest BCUT2D eigenvalue weighted by atomic mass is 10.4. The highest BCUT2D eigenvalue weighted by Crippen LogP contribution is 2.18. The van der Waals surface area contributed by atoms with E-state index < -0.39 is 5.25 Å². The standard InChI is InChI=1S/C15H16N6O2S/c1-9-5-13(22)20-15(19-9)24-10(2)14(23)18-7-11-6-17-12-8-16-3-4-21(11)12/h3-6,8,10H,7H2,1-2H3,(H,18,23)(H,19,20,22)/t10-/m1/s1. The molecule has 0 fully saturated rings. The number of aromatic nitrogens is 5. The Hall–Kier alpha value is -2.68. The first-order chi connectivity index (χ1) is 11.5. The molecule has 0 bridgehead atoms. The zero-order chi connectivity index (χ0) is 17.1. The number of amides is 1. The summed E-state index contributed by atoms with van der Waals surface area (Å²) in [7, 11) is 0. The van der Waals surface area contributed by atoms with Gasteiger partial charge in [-0.25, -0.2) is 9.97 Å². The third-order valence-corrected chi connectivity index (χ3v) is 4.33. The predicted molar refractivity (Wildman–Crippen MR) is 89.7 cm³/mol. The van der Waals surface area contributed by atoms with E-state index in [1.807, 2.05) is 4.40 Å². The van der Waals surface area contributed by atoms with Crippen molar-refractivity contribution in [2.24, 2.45) is 0 Å². The topological polar surface area (TPSA) is 105 Å². The minimum absolute atomic E-state index is 0.145. The molecule has 8 nitrogen and oxygen atoms in total. The van der Waals surface area contributed by atoms with Gasteiger partial charge in [0.2, 0.25) is 5.91 Å². The molecule has 24 heavy (non-hydrogen) atoms. The highest BCUT2D eigenvalue weighted by atomic mass is 32.2. The summed E-state index contributed by atoms with van der Waals surface area (Å²) >= 11 is 1.21. The number of rotatable bonds is 5. The van der Waals surface area contributed by atoms with Crippen LogP contribution in [0.1, 0.15) is 18.3 Å². The molecule has 0 radical (unpaired) electrons. The zero-order valence-electron chi connectivity index (χ0n) is 13.2. The van der Waals surface area contributed by atoms with Crippen molar-refractivity contribution >= 4 is 23.3 Å². The molecule has 0 spiro atoms. The average molecular weight is 344 g/mol. The minimum Gasteiger partial charge on any atom is -0.349 e. The molecule has 0 aliphatic rings. The Balaban J connectivity index is 1.63. The summed E-state index contributed by atoms with van der Waals surface area (Å²) in [6.07, 6.45) is 6.82. The second-order valence-electron chi connectivity index (χ2n) is 5.22. The van der Waals surface area contributed by atoms with Crippen molar-refractivity contribution in [2.75, 3.05) is 0 Å². The molecular weight excluding hydrogens is 328 g/mol. The Kier molecular flexibility index (Phi) is 4.61. The molecule has 3 rings (SSSR count). The Morgan fingerprint density at radius 1 is 1.46 bits per heavy atom. The maximum absolute atomic E-state index is 12.3. The van der Waals surface area contributed by atoms with Gasteiger partial charge < -0.3 is 10.3 Å². The fourth-order valence-electron chi connectivity index (χ4n) is 2.18. The van der Waals surface area contributed by atoms with Gasteiger partial charge in [0.1, 0.15) is 0 Å². The fourth-order valence-corrected chi connectivity index (χ4v) is 3.06. The molecule has 1 amide bonds. The number of nitrogens with one attached hydrogen (secondary N) is 2. The van der Waals surface area contributed by atoms with Crippen LogP contribution in [0.2, 0.25) is 0 Å². The number of fused-ring (bicyclic) bond motifs is 1. The molecule has 0 aromatic carbocycles. The van der Waals surface area contributed by atoms with Crippen molar-refractivity contribution < 1.29 is 4.79 Å². The van der Waals surface area contributed by atoms with Crippen LogP contribution >= 0.6 is 11.8 Å². The number of nitrogens with zero attached hydrogens (tertiary/aromatic N) is 4. The molecule has 0 aliphatic carbocycles. The second-order valence-corrected chi connectivity index (χ2v) is 6.55. The van der Waals surface area contributed by atoms with Gasteiger partial charge in [-0.3, -0.25) is 19.0 Å². The molecule has 3 heterocycles. The highest BCUT2D eigenvalue weighted by Gasteiger charge is 2.16. The highest BCUT2D eigenvalue weighted by molar-refractivity contribution is 8.00. The van der Waals surface area contributed by atoms with E-state index in [1.54, 1.807) is 38.6 Å². The third kappa shape index (κ3) is 3.62. The number of carbonyl (C=O) groups is 1. The lowest BCUT2D eigenvalue weighted by Crippen LogP contribution is -2.31. The normalized spacial score (nSPS) is 12.2. The Morgan fingerprint density at radius 2 is 2.29 bits per heavy atom. The van der Waals surface area contributed by atoms with Crippen LogP contribution in [0.15, 0.2) is 40.8 Å². The Morgan fingerprint density at radius 3 is 3.08 bits per heavy atom. The second kappa shape index (κ2) is 6.83. The molecule has 9 heteroatoms. The first-order valence-corrected chi connectivity index (χ1v) is 8.19. The number of hydrogen-bond donors (Lipinski definition) is 2. The number of hydrogen-bond acceptors (Lipinski definition) is 6. The van der Waals surface area contributed by atoms with Crippen LogP contribution in [-0.2, 0) is 11.3 Å². The van der Waals surface area contributed by atoms with E-state index in [0.717, 1.165) is 11.3 Å². The van der Waals surface area contributed by atoms with Crippen LogP contribution in [0.25, 0.3) is 5.65 Å². The molecule has 3 aromatic heterocycles. The number of aromatic amines is 1. The number of aryl methyl sites for hydroxylation is 1. The Labute approximate surface area is 141 Å². The zero-order valence-corrected chi connectivity index (χ0v) is 14.0. The third-order valence-electron chi connectivity index (χ3n) is 3.34. The number of carbonyl (C=O) groups excluding carboxylic acids is 1. The molecule has 0 saturated carbocycles. The summed E-state index contributed by atoms with van der Waals surface area (Å²) in [6, 6.07) is 1.41. The number of thioether (sulfide) groups is 1. The van der Waals surface area contributed by atoms with Crippen LogP contribution in [-0.4, -0.2) is 35.5 Å². The van der Waals surface area contributed by atoms with Crippen molar-refractivity contribution in [1.82, 2.24) is 29.7 Å². The first-order valence-electron chi connectivity index (χ1n) is 7.31. The van der Waals surface area contributed by atoms with Crippen LogP contribution in [0.3, 0.4) is 0 Å². The van der Waals surface area contributed by atoms with Gasteiger partial charge in [0.05, 0.1) is 29.9 Å². The van der Waals surface area contributed by atoms with Crippen molar-refractivity contribution in [2.45, 2.75) is 30.8 Å². The van der Waals surface area contributed by atoms with E-state index in [-0.39, 0.29) is 11.5 Å². The molecule has 2 N–H and O–H groups in total. The summed E-state index contributed by atoms with van der Waals surface area (Å²) in [4.78, 5) is 38.8. The van der Waals surface area contributed by atoms with E-state index in [0.29, 0.717) is 17.4 Å². The van der Waals surface area contributed by atoms with Gasteiger partial charge in [-0.2, -0.15) is 0 Å². The van der Waals surface area contributed by atoms with Crippen molar-refractivity contribution in [3.63, 3.8) is 0 Å². The van der Waals surface area contributed by atoms with Crippen LogP contribution in [0.5, 0.6) is 0 Å². The van der Waals surface area contributed by atoms with Gasteiger partial charge in [-0.15, -0.1) is 0 Å². The predicted octanol–water partition coefficient (Wildman–Crippen LogP) is 0.918. The van der Waals surface area contributed by atoms with Gasteiger partial charge in [-0.05, 0) is 13.8 Å². The Bertz CT molecular complexity index is 935. The summed E-state index contributed by atoms with van der Waals surface area (Å²) in [5.74, 6) is -0.145. The summed E-state index contributed by atoms with van der Waals surface area (Å²) < 4.78 is 1.87. The first kappa shape index (κ1) is 16.2. The van der Waals surface area contributed by atoms with E-state index in [9.17, 15) is 9.59 Å².